The summed E-state index contributed by atoms with van der Waals surface area (Å²) in [4.78, 5) is 16.9. The summed E-state index contributed by atoms with van der Waals surface area (Å²) >= 11 is 0. The van der Waals surface area contributed by atoms with Gasteiger partial charge in [-0.15, -0.1) is 0 Å². The Morgan fingerprint density at radius 3 is 2.89 bits per heavy atom. The normalized spacial score (nSPS) is 18.1. The lowest BCUT2D eigenvalue weighted by Gasteiger charge is -2.23. The van der Waals surface area contributed by atoms with Crippen molar-refractivity contribution in [2.24, 2.45) is 5.92 Å². The summed E-state index contributed by atoms with van der Waals surface area (Å²) in [7, 11) is 0. The monoisotopic (exact) mass is 254 g/mol. The van der Waals surface area contributed by atoms with Crippen molar-refractivity contribution < 1.29 is 0 Å². The van der Waals surface area contributed by atoms with Gasteiger partial charge in [0.2, 0.25) is 0 Å². The molecule has 3 nitrogen and oxygen atoms in total. The maximum Gasteiger partial charge on any atom is 0.254 e. The molecular formula is C16H18N2O. The van der Waals surface area contributed by atoms with E-state index in [4.69, 9.17) is 4.98 Å². The third-order valence-electron chi connectivity index (χ3n) is 3.86. The molecule has 0 saturated carbocycles. The van der Waals surface area contributed by atoms with Crippen LogP contribution in [0.2, 0.25) is 0 Å². The molecular weight excluding hydrogens is 236 g/mol. The highest BCUT2D eigenvalue weighted by atomic mass is 16.1. The topological polar surface area (TPSA) is 34.9 Å². The first-order valence-electron chi connectivity index (χ1n) is 6.82. The zero-order valence-corrected chi connectivity index (χ0v) is 11.4. The molecule has 2 aromatic rings. The molecule has 1 aromatic carbocycles. The number of hydrogen-bond donors (Lipinski definition) is 0. The smallest absolute Gasteiger partial charge is 0.254 e. The summed E-state index contributed by atoms with van der Waals surface area (Å²) in [6.07, 6.45) is 2.01. The second-order valence-corrected chi connectivity index (χ2v) is 5.47. The highest BCUT2D eigenvalue weighted by molar-refractivity contribution is 5.62. The fourth-order valence-corrected chi connectivity index (χ4v) is 2.72. The van der Waals surface area contributed by atoms with Gasteiger partial charge in [0.25, 0.3) is 5.56 Å². The van der Waals surface area contributed by atoms with Crippen LogP contribution < -0.4 is 5.56 Å². The molecule has 2 heterocycles. The van der Waals surface area contributed by atoms with E-state index in [1.807, 2.05) is 22.8 Å². The van der Waals surface area contributed by atoms with Gasteiger partial charge < -0.3 is 0 Å². The number of hydrogen-bond acceptors (Lipinski definition) is 2. The lowest BCUT2D eigenvalue weighted by Crippen LogP contribution is -2.31. The van der Waals surface area contributed by atoms with Crippen molar-refractivity contribution in [2.45, 2.75) is 33.2 Å². The van der Waals surface area contributed by atoms with Crippen molar-refractivity contribution >= 4 is 0 Å². The van der Waals surface area contributed by atoms with E-state index in [1.54, 1.807) is 6.07 Å². The maximum atomic E-state index is 12.2. The van der Waals surface area contributed by atoms with Crippen LogP contribution in [0.25, 0.3) is 11.3 Å². The minimum absolute atomic E-state index is 0.0785. The van der Waals surface area contributed by atoms with Crippen LogP contribution in [0.1, 0.15) is 24.7 Å². The standard InChI is InChI=1S/C16H18N2O/c1-11-7-8-15-17-14(9-16(19)18(15)10-11)13-6-4-3-5-12(13)2/h3-6,9,11H,7-8,10H2,1-2H3. The Kier molecular flexibility index (Phi) is 2.97. The first-order valence-corrected chi connectivity index (χ1v) is 6.82. The second kappa shape index (κ2) is 4.65. The molecule has 1 atom stereocenters. The number of aromatic nitrogens is 2. The number of aryl methyl sites for hydroxylation is 2. The van der Waals surface area contributed by atoms with Crippen molar-refractivity contribution in [1.82, 2.24) is 9.55 Å². The Hall–Kier alpha value is -1.90. The zero-order valence-electron chi connectivity index (χ0n) is 11.4. The maximum absolute atomic E-state index is 12.2. The summed E-state index contributed by atoms with van der Waals surface area (Å²) in [5.41, 5.74) is 3.10. The molecule has 0 saturated heterocycles. The van der Waals surface area contributed by atoms with E-state index in [0.29, 0.717) is 5.92 Å². The molecule has 0 spiro atoms. The van der Waals surface area contributed by atoms with Gasteiger partial charge in [-0.05, 0) is 24.8 Å². The molecule has 1 aromatic heterocycles. The van der Waals surface area contributed by atoms with E-state index < -0.39 is 0 Å². The van der Waals surface area contributed by atoms with Crippen molar-refractivity contribution in [3.05, 3.63) is 52.1 Å². The fourth-order valence-electron chi connectivity index (χ4n) is 2.72. The average molecular weight is 254 g/mol. The van der Waals surface area contributed by atoms with Crippen LogP contribution in [0.15, 0.2) is 35.1 Å². The molecule has 1 aliphatic rings. The van der Waals surface area contributed by atoms with Crippen LogP contribution in [-0.2, 0) is 13.0 Å². The summed E-state index contributed by atoms with van der Waals surface area (Å²) in [5.74, 6) is 1.50. The highest BCUT2D eigenvalue weighted by Crippen LogP contribution is 2.22. The predicted molar refractivity (Wildman–Crippen MR) is 76.2 cm³/mol. The number of rotatable bonds is 1. The van der Waals surface area contributed by atoms with Crippen LogP contribution >= 0.6 is 0 Å². The Balaban J connectivity index is 2.14. The van der Waals surface area contributed by atoms with Gasteiger partial charge in [0.15, 0.2) is 0 Å². The highest BCUT2D eigenvalue weighted by Gasteiger charge is 2.18. The Bertz CT molecular complexity index is 673. The van der Waals surface area contributed by atoms with Crippen molar-refractivity contribution in [3.8, 4) is 11.3 Å². The third-order valence-corrected chi connectivity index (χ3v) is 3.86. The van der Waals surface area contributed by atoms with Gasteiger partial charge in [-0.2, -0.15) is 0 Å². The molecule has 1 unspecified atom stereocenters. The molecule has 0 radical (unpaired) electrons. The molecule has 0 N–H and O–H groups in total. The van der Waals surface area contributed by atoms with E-state index in [0.717, 1.165) is 42.0 Å². The van der Waals surface area contributed by atoms with E-state index in [2.05, 4.69) is 19.9 Å². The van der Waals surface area contributed by atoms with Crippen LogP contribution in [0.3, 0.4) is 0 Å². The minimum Gasteiger partial charge on any atom is -0.296 e. The van der Waals surface area contributed by atoms with Gasteiger partial charge >= 0.3 is 0 Å². The quantitative estimate of drug-likeness (QED) is 0.784. The van der Waals surface area contributed by atoms with Gasteiger partial charge in [0.05, 0.1) is 5.69 Å². The van der Waals surface area contributed by atoms with Crippen LogP contribution in [-0.4, -0.2) is 9.55 Å². The van der Waals surface area contributed by atoms with Crippen molar-refractivity contribution in [3.63, 3.8) is 0 Å². The predicted octanol–water partition coefficient (Wildman–Crippen LogP) is 2.80. The SMILES string of the molecule is Cc1ccccc1-c1cc(=O)n2c(n1)CCC(C)C2. The molecule has 98 valence electrons. The third kappa shape index (κ3) is 2.21. The lowest BCUT2D eigenvalue weighted by molar-refractivity contribution is 0.379. The molecule has 1 aliphatic heterocycles. The van der Waals surface area contributed by atoms with Crippen LogP contribution in [0.5, 0.6) is 0 Å². The lowest BCUT2D eigenvalue weighted by atomic mass is 10.0. The molecule has 0 aliphatic carbocycles. The van der Waals surface area contributed by atoms with Gasteiger partial charge in [-0.25, -0.2) is 4.98 Å². The van der Waals surface area contributed by atoms with Crippen molar-refractivity contribution in [1.29, 1.82) is 0 Å². The summed E-state index contributed by atoms with van der Waals surface area (Å²) in [5, 5.41) is 0. The van der Waals surface area contributed by atoms with Crippen molar-refractivity contribution in [2.75, 3.05) is 0 Å². The number of fused-ring (bicyclic) bond motifs is 1. The van der Waals surface area contributed by atoms with Crippen LogP contribution in [0.4, 0.5) is 0 Å². The van der Waals surface area contributed by atoms with Crippen LogP contribution in [0, 0.1) is 12.8 Å². The fraction of sp³-hybridized carbons (Fsp3) is 0.375. The second-order valence-electron chi connectivity index (χ2n) is 5.47. The minimum atomic E-state index is 0.0785. The van der Waals surface area contributed by atoms with Gasteiger partial charge in [0.1, 0.15) is 5.82 Å². The summed E-state index contributed by atoms with van der Waals surface area (Å²) in [6.45, 7) is 5.04. The molecule has 3 rings (SSSR count). The Morgan fingerprint density at radius 1 is 1.32 bits per heavy atom. The van der Waals surface area contributed by atoms with E-state index in [9.17, 15) is 4.79 Å². The van der Waals surface area contributed by atoms with E-state index in [-0.39, 0.29) is 5.56 Å². The summed E-state index contributed by atoms with van der Waals surface area (Å²) in [6, 6.07) is 9.74. The first kappa shape index (κ1) is 12.2. The van der Waals surface area contributed by atoms with E-state index in [1.165, 1.54) is 0 Å². The van der Waals surface area contributed by atoms with Gasteiger partial charge in [-0.3, -0.25) is 9.36 Å². The molecule has 0 amide bonds. The van der Waals surface area contributed by atoms with E-state index >= 15 is 0 Å². The molecule has 0 fully saturated rings. The zero-order chi connectivity index (χ0) is 13.4. The molecule has 0 bridgehead atoms. The van der Waals surface area contributed by atoms with Gasteiger partial charge in [0, 0.05) is 24.6 Å². The van der Waals surface area contributed by atoms with Gasteiger partial charge in [-0.1, -0.05) is 31.2 Å². The largest absolute Gasteiger partial charge is 0.296 e. The Labute approximate surface area is 112 Å². The molecule has 3 heteroatoms. The average Bonchev–Trinajstić information content (AvgIpc) is 2.40. The number of benzene rings is 1. The molecule has 19 heavy (non-hydrogen) atoms. The first-order chi connectivity index (χ1) is 9.15. The number of nitrogens with zero attached hydrogens (tertiary/aromatic N) is 2. The Morgan fingerprint density at radius 2 is 2.11 bits per heavy atom. The summed E-state index contributed by atoms with van der Waals surface area (Å²) < 4.78 is 1.83.